The summed E-state index contributed by atoms with van der Waals surface area (Å²) >= 11 is 0. The lowest BCUT2D eigenvalue weighted by Gasteiger charge is -2.26. The highest BCUT2D eigenvalue weighted by molar-refractivity contribution is 6.19. The van der Waals surface area contributed by atoms with Crippen LogP contribution in [-0.2, 0) is 5.41 Å². The fraction of sp³-hybridized carbons (Fsp3) is 0.0625. The van der Waals surface area contributed by atoms with E-state index in [-0.39, 0.29) is 16.7 Å². The molecule has 0 spiro atoms. The quantitative estimate of drug-likeness (QED) is 0.157. The molecule has 9 aromatic carbocycles. The van der Waals surface area contributed by atoms with Crippen molar-refractivity contribution in [1.29, 1.82) is 0 Å². The molecule has 0 saturated heterocycles. The van der Waals surface area contributed by atoms with Gasteiger partial charge in [0.1, 0.15) is 11.6 Å². The van der Waals surface area contributed by atoms with Crippen LogP contribution in [0.25, 0.3) is 100 Å². The van der Waals surface area contributed by atoms with Crippen LogP contribution >= 0.6 is 0 Å². The summed E-state index contributed by atoms with van der Waals surface area (Å²) in [4.78, 5) is 10.6. The standard InChI is InChI=1S/C64H48N4O/c1-42-30-35-57(53(38-42)44-18-7-4-8-19-44)68-58-28-17-26-50(62(58)66-63(68)52-25-14-16-29-60(52)69)54-39-46(41-59-61(54)51-24-13-15-27-56(51)67(59)49-22-11-6-12-23-49)55-40-45(36-37-65-55)43-31-33-48(34-32-43)64(2,3)47-20-9-5-10-21-47/h4-41,69H,1-3H3/i1D3. The first-order valence-electron chi connectivity index (χ1n) is 24.8. The van der Waals surface area contributed by atoms with E-state index in [1.165, 1.54) is 11.1 Å². The maximum atomic E-state index is 11.6. The third-order valence-corrected chi connectivity index (χ3v) is 13.7. The Balaban J connectivity index is 1.11. The first kappa shape index (κ1) is 38.3. The summed E-state index contributed by atoms with van der Waals surface area (Å²) in [6, 6.07) is 75.8. The third kappa shape index (κ3) is 7.18. The lowest BCUT2D eigenvalue weighted by molar-refractivity contribution is 0.477. The Morgan fingerprint density at radius 2 is 1.16 bits per heavy atom. The number of rotatable bonds is 9. The maximum Gasteiger partial charge on any atom is 0.149 e. The van der Waals surface area contributed by atoms with E-state index in [4.69, 9.17) is 14.1 Å². The summed E-state index contributed by atoms with van der Waals surface area (Å²) in [5.74, 6) is 0.591. The van der Waals surface area contributed by atoms with Crippen LogP contribution in [0.3, 0.4) is 0 Å². The summed E-state index contributed by atoms with van der Waals surface area (Å²) < 4.78 is 29.5. The largest absolute Gasteiger partial charge is 0.507 e. The summed E-state index contributed by atoms with van der Waals surface area (Å²) in [6.45, 7) is 2.20. The molecule has 5 heteroatoms. The predicted molar refractivity (Wildman–Crippen MR) is 285 cm³/mol. The van der Waals surface area contributed by atoms with Crippen LogP contribution < -0.4 is 0 Å². The molecule has 0 aliphatic rings. The molecule has 0 radical (unpaired) electrons. The van der Waals surface area contributed by atoms with E-state index in [0.29, 0.717) is 16.9 Å². The van der Waals surface area contributed by atoms with E-state index in [9.17, 15) is 5.11 Å². The van der Waals surface area contributed by atoms with Crippen molar-refractivity contribution in [3.8, 4) is 73.2 Å². The molecule has 0 aliphatic heterocycles. The highest BCUT2D eigenvalue weighted by atomic mass is 16.3. The minimum absolute atomic E-state index is 0.0757. The molecule has 3 aromatic heterocycles. The Morgan fingerprint density at radius 1 is 0.478 bits per heavy atom. The number of hydrogen-bond acceptors (Lipinski definition) is 3. The molecule has 0 bridgehead atoms. The molecular weight excluding hydrogens is 841 g/mol. The van der Waals surface area contributed by atoms with Crippen molar-refractivity contribution < 1.29 is 9.22 Å². The van der Waals surface area contributed by atoms with E-state index in [0.717, 1.165) is 83.3 Å². The Kier molecular flexibility index (Phi) is 9.34. The number of nitrogens with zero attached hydrogens (tertiary/aromatic N) is 4. The van der Waals surface area contributed by atoms with Crippen LogP contribution in [0.5, 0.6) is 5.75 Å². The number of benzene rings is 9. The number of hydrogen-bond donors (Lipinski definition) is 1. The maximum absolute atomic E-state index is 11.6. The molecule has 12 aromatic rings. The molecule has 0 unspecified atom stereocenters. The molecule has 0 atom stereocenters. The highest BCUT2D eigenvalue weighted by Gasteiger charge is 2.26. The van der Waals surface area contributed by atoms with Gasteiger partial charge in [-0.05, 0) is 113 Å². The van der Waals surface area contributed by atoms with Crippen molar-refractivity contribution in [2.24, 2.45) is 0 Å². The molecule has 5 nitrogen and oxygen atoms in total. The second kappa shape index (κ2) is 16.8. The third-order valence-electron chi connectivity index (χ3n) is 13.7. The van der Waals surface area contributed by atoms with Crippen molar-refractivity contribution in [2.45, 2.75) is 26.1 Å². The topological polar surface area (TPSA) is 55.9 Å². The van der Waals surface area contributed by atoms with Gasteiger partial charge < -0.3 is 9.67 Å². The van der Waals surface area contributed by atoms with Crippen LogP contribution in [0, 0.1) is 6.85 Å². The number of pyridine rings is 1. The number of aromatic hydroxyl groups is 1. The van der Waals surface area contributed by atoms with Gasteiger partial charge in [0.2, 0.25) is 0 Å². The number of phenols is 1. The van der Waals surface area contributed by atoms with Gasteiger partial charge in [0.25, 0.3) is 0 Å². The molecule has 0 amide bonds. The summed E-state index contributed by atoms with van der Waals surface area (Å²) in [5.41, 5.74) is 15.8. The SMILES string of the molecule is [2H]C([2H])([2H])c1ccc(-n2c(-c3ccccc3O)nc3c(-c4cc(-c5cc(-c6ccc(C(C)(C)c7ccccc7)cc6)ccn5)cc5c4c4ccccc4n5-c4ccccc4)cccc32)c(-c2ccccc2)c1. The predicted octanol–water partition coefficient (Wildman–Crippen LogP) is 16.2. The lowest BCUT2D eigenvalue weighted by atomic mass is 9.78. The van der Waals surface area contributed by atoms with Crippen molar-refractivity contribution in [1.82, 2.24) is 19.1 Å². The Bertz CT molecular complexity index is 3990. The van der Waals surface area contributed by atoms with E-state index >= 15 is 0 Å². The van der Waals surface area contributed by atoms with Crippen LogP contribution in [0.15, 0.2) is 231 Å². The van der Waals surface area contributed by atoms with Crippen molar-refractivity contribution in [3.05, 3.63) is 247 Å². The van der Waals surface area contributed by atoms with Crippen LogP contribution in [0.4, 0.5) is 0 Å². The van der Waals surface area contributed by atoms with Gasteiger partial charge in [0, 0.05) is 48.9 Å². The van der Waals surface area contributed by atoms with Gasteiger partial charge in [0.05, 0.1) is 39.0 Å². The number of aryl methyl sites for hydroxylation is 1. The molecule has 0 saturated carbocycles. The van der Waals surface area contributed by atoms with Gasteiger partial charge in [-0.2, -0.15) is 0 Å². The van der Waals surface area contributed by atoms with Crippen LogP contribution in [0.1, 0.15) is 34.7 Å². The molecule has 3 heterocycles. The smallest absolute Gasteiger partial charge is 0.149 e. The van der Waals surface area contributed by atoms with Crippen LogP contribution in [-0.4, -0.2) is 24.2 Å². The number of phenolic OH excluding ortho intramolecular Hbond substituents is 1. The number of fused-ring (bicyclic) bond motifs is 4. The minimum Gasteiger partial charge on any atom is -0.507 e. The normalized spacial score (nSPS) is 12.6. The zero-order chi connectivity index (χ0) is 49.1. The summed E-state index contributed by atoms with van der Waals surface area (Å²) in [6.07, 6.45) is 1.89. The monoisotopic (exact) mass is 891 g/mol. The van der Waals surface area contributed by atoms with E-state index < -0.39 is 6.85 Å². The fourth-order valence-corrected chi connectivity index (χ4v) is 10.2. The van der Waals surface area contributed by atoms with Gasteiger partial charge in [-0.25, -0.2) is 4.98 Å². The zero-order valence-corrected chi connectivity index (χ0v) is 38.2. The van der Waals surface area contributed by atoms with Crippen molar-refractivity contribution in [3.63, 3.8) is 0 Å². The molecule has 1 N–H and O–H groups in total. The Hall–Kier alpha value is -8.80. The second-order valence-electron chi connectivity index (χ2n) is 18.2. The molecule has 0 fully saturated rings. The average molecular weight is 892 g/mol. The molecule has 330 valence electrons. The lowest BCUT2D eigenvalue weighted by Crippen LogP contribution is -2.18. The Labute approximate surface area is 406 Å². The van der Waals surface area contributed by atoms with E-state index in [2.05, 4.69) is 163 Å². The van der Waals surface area contributed by atoms with Crippen molar-refractivity contribution >= 4 is 32.8 Å². The molecule has 0 aliphatic carbocycles. The van der Waals surface area contributed by atoms with Gasteiger partial charge >= 0.3 is 0 Å². The van der Waals surface area contributed by atoms with Gasteiger partial charge in [-0.3, -0.25) is 9.55 Å². The summed E-state index contributed by atoms with van der Waals surface area (Å²) in [7, 11) is 0. The van der Waals surface area contributed by atoms with E-state index in [1.54, 1.807) is 24.3 Å². The van der Waals surface area contributed by atoms with Gasteiger partial charge in [0.15, 0.2) is 0 Å². The van der Waals surface area contributed by atoms with E-state index in [1.807, 2.05) is 66.9 Å². The molecule has 69 heavy (non-hydrogen) atoms. The Morgan fingerprint density at radius 3 is 1.94 bits per heavy atom. The number of aromatic nitrogens is 4. The fourth-order valence-electron chi connectivity index (χ4n) is 10.2. The molecule has 12 rings (SSSR count). The van der Waals surface area contributed by atoms with Crippen LogP contribution in [0.2, 0.25) is 0 Å². The highest BCUT2D eigenvalue weighted by Crippen LogP contribution is 2.46. The average Bonchev–Trinajstić information content (AvgIpc) is 3.97. The summed E-state index contributed by atoms with van der Waals surface area (Å²) in [5, 5.41) is 13.7. The number of imidazole rings is 1. The van der Waals surface area contributed by atoms with Gasteiger partial charge in [-0.15, -0.1) is 0 Å². The minimum atomic E-state index is -2.33. The first-order chi connectivity index (χ1) is 35.0. The second-order valence-corrected chi connectivity index (χ2v) is 18.2. The van der Waals surface area contributed by atoms with Crippen molar-refractivity contribution in [2.75, 3.05) is 0 Å². The zero-order valence-electron chi connectivity index (χ0n) is 41.2. The molecular formula is C64H48N4O. The number of para-hydroxylation sites is 4. The first-order valence-corrected chi connectivity index (χ1v) is 23.3. The van der Waals surface area contributed by atoms with Gasteiger partial charge in [-0.1, -0.05) is 171 Å².